The van der Waals surface area contributed by atoms with E-state index >= 15 is 0 Å². The zero-order chi connectivity index (χ0) is 19.8. The summed E-state index contributed by atoms with van der Waals surface area (Å²) in [6.07, 6.45) is 3.76. The van der Waals surface area contributed by atoms with Crippen LogP contribution >= 0.6 is 0 Å². The van der Waals surface area contributed by atoms with Crippen LogP contribution in [0.4, 0.5) is 0 Å². The molecule has 0 fully saturated rings. The maximum Gasteiger partial charge on any atom is 0.231 e. The van der Waals surface area contributed by atoms with Crippen LogP contribution in [-0.4, -0.2) is 41.3 Å². The van der Waals surface area contributed by atoms with Crippen molar-refractivity contribution < 1.29 is 28.4 Å². The molecule has 0 atom stereocenters. The molecule has 3 rings (SSSR count). The summed E-state index contributed by atoms with van der Waals surface area (Å²) >= 11 is 0. The number of aryl methyl sites for hydroxylation is 2. The van der Waals surface area contributed by atoms with Gasteiger partial charge in [0.2, 0.25) is 12.5 Å². The first-order valence-electron chi connectivity index (χ1n) is 9.50. The predicted molar refractivity (Wildman–Crippen MR) is 106 cm³/mol. The van der Waals surface area contributed by atoms with Crippen LogP contribution in [-0.2, 0) is 17.6 Å². The molecule has 0 aromatic heterocycles. The summed E-state index contributed by atoms with van der Waals surface area (Å²) in [7, 11) is 4.87. The zero-order valence-corrected chi connectivity index (χ0v) is 16.8. The fourth-order valence-corrected chi connectivity index (χ4v) is 3.23. The summed E-state index contributed by atoms with van der Waals surface area (Å²) in [5, 5.41) is 0. The molecule has 0 radical (unpaired) electrons. The highest BCUT2D eigenvalue weighted by Gasteiger charge is 2.14. The molecular weight excluding hydrogens is 360 g/mol. The van der Waals surface area contributed by atoms with Crippen molar-refractivity contribution in [1.29, 1.82) is 0 Å². The SMILES string of the molecule is COc1cc(CCCOCCCc2ccc3c(c2)OCO3)cc(OC)c1OC. The molecule has 6 heteroatoms. The van der Waals surface area contributed by atoms with Gasteiger partial charge in [-0.3, -0.25) is 0 Å². The van der Waals surface area contributed by atoms with Crippen molar-refractivity contribution in [1.82, 2.24) is 0 Å². The Labute approximate surface area is 166 Å². The van der Waals surface area contributed by atoms with Crippen LogP contribution in [0.5, 0.6) is 28.7 Å². The molecule has 1 heterocycles. The van der Waals surface area contributed by atoms with Gasteiger partial charge >= 0.3 is 0 Å². The van der Waals surface area contributed by atoms with E-state index in [0.29, 0.717) is 24.0 Å². The van der Waals surface area contributed by atoms with E-state index in [1.165, 1.54) is 5.56 Å². The molecule has 0 spiro atoms. The molecule has 0 unspecified atom stereocenters. The molecule has 152 valence electrons. The van der Waals surface area contributed by atoms with Gasteiger partial charge in [0.05, 0.1) is 21.3 Å². The monoisotopic (exact) mass is 388 g/mol. The van der Waals surface area contributed by atoms with Crippen molar-refractivity contribution in [3.05, 3.63) is 41.5 Å². The number of fused-ring (bicyclic) bond motifs is 1. The highest BCUT2D eigenvalue weighted by molar-refractivity contribution is 5.53. The van der Waals surface area contributed by atoms with Crippen molar-refractivity contribution in [3.8, 4) is 28.7 Å². The van der Waals surface area contributed by atoms with Gasteiger partial charge in [-0.1, -0.05) is 6.07 Å². The van der Waals surface area contributed by atoms with E-state index in [9.17, 15) is 0 Å². The maximum absolute atomic E-state index is 5.78. The molecular formula is C22H28O6. The first-order chi connectivity index (χ1) is 13.7. The van der Waals surface area contributed by atoms with E-state index in [2.05, 4.69) is 6.07 Å². The Hall–Kier alpha value is -2.60. The molecule has 6 nitrogen and oxygen atoms in total. The summed E-state index contributed by atoms with van der Waals surface area (Å²) in [5.41, 5.74) is 2.38. The number of rotatable bonds is 11. The van der Waals surface area contributed by atoms with E-state index in [0.717, 1.165) is 56.0 Å². The third-order valence-corrected chi connectivity index (χ3v) is 4.67. The van der Waals surface area contributed by atoms with Gasteiger partial charge in [0, 0.05) is 13.2 Å². The molecule has 2 aromatic carbocycles. The number of ether oxygens (including phenoxy) is 6. The van der Waals surface area contributed by atoms with Crippen molar-refractivity contribution in [2.75, 3.05) is 41.3 Å². The molecule has 0 saturated heterocycles. The molecule has 1 aliphatic heterocycles. The zero-order valence-electron chi connectivity index (χ0n) is 16.8. The molecule has 28 heavy (non-hydrogen) atoms. The van der Waals surface area contributed by atoms with Crippen molar-refractivity contribution in [2.45, 2.75) is 25.7 Å². The van der Waals surface area contributed by atoms with Crippen molar-refractivity contribution in [3.63, 3.8) is 0 Å². The summed E-state index contributed by atoms with van der Waals surface area (Å²) in [6.45, 7) is 1.77. The van der Waals surface area contributed by atoms with Gasteiger partial charge in [-0.15, -0.1) is 0 Å². The normalized spacial score (nSPS) is 12.1. The second kappa shape index (κ2) is 10.1. The molecule has 2 aromatic rings. The third-order valence-electron chi connectivity index (χ3n) is 4.67. The van der Waals surface area contributed by atoms with Gasteiger partial charge in [-0.25, -0.2) is 0 Å². The molecule has 0 bridgehead atoms. The number of hydrogen-bond acceptors (Lipinski definition) is 6. The van der Waals surface area contributed by atoms with Crippen molar-refractivity contribution >= 4 is 0 Å². The highest BCUT2D eigenvalue weighted by Crippen LogP contribution is 2.38. The minimum absolute atomic E-state index is 0.313. The number of hydrogen-bond donors (Lipinski definition) is 0. The Morgan fingerprint density at radius 1 is 0.750 bits per heavy atom. The van der Waals surface area contributed by atoms with E-state index in [4.69, 9.17) is 28.4 Å². The van der Waals surface area contributed by atoms with Crippen LogP contribution in [0.1, 0.15) is 24.0 Å². The van der Waals surface area contributed by atoms with Gasteiger partial charge < -0.3 is 28.4 Å². The smallest absolute Gasteiger partial charge is 0.231 e. The molecule has 1 aliphatic rings. The number of methoxy groups -OCH3 is 3. The van der Waals surface area contributed by atoms with Gasteiger partial charge in [0.1, 0.15) is 0 Å². The lowest BCUT2D eigenvalue weighted by molar-refractivity contribution is 0.129. The van der Waals surface area contributed by atoms with Crippen LogP contribution in [0.2, 0.25) is 0 Å². The molecule has 0 saturated carbocycles. The van der Waals surface area contributed by atoms with E-state index < -0.39 is 0 Å². The van der Waals surface area contributed by atoms with E-state index in [1.807, 2.05) is 24.3 Å². The van der Waals surface area contributed by atoms with Gasteiger partial charge in [0.15, 0.2) is 23.0 Å². The fraction of sp³-hybridized carbons (Fsp3) is 0.455. The molecule has 0 amide bonds. The standard InChI is InChI=1S/C22H28O6/c1-23-20-13-17(14-21(24-2)22(20)25-3)7-5-11-26-10-4-6-16-8-9-18-19(12-16)28-15-27-18/h8-9,12-14H,4-7,10-11,15H2,1-3H3. The van der Waals surface area contributed by atoms with Gasteiger partial charge in [0.25, 0.3) is 0 Å². The minimum Gasteiger partial charge on any atom is -0.493 e. The Bertz CT molecular complexity index is 749. The minimum atomic E-state index is 0.313. The Balaban J connectivity index is 1.37. The van der Waals surface area contributed by atoms with E-state index in [1.54, 1.807) is 21.3 Å². The van der Waals surface area contributed by atoms with Gasteiger partial charge in [-0.05, 0) is 61.1 Å². The average molecular weight is 388 g/mol. The average Bonchev–Trinajstić information content (AvgIpc) is 3.20. The van der Waals surface area contributed by atoms with Crippen LogP contribution in [0.25, 0.3) is 0 Å². The maximum atomic E-state index is 5.78. The lowest BCUT2D eigenvalue weighted by Crippen LogP contribution is -2.01. The summed E-state index contributed by atoms with van der Waals surface area (Å²) in [5.74, 6) is 3.65. The summed E-state index contributed by atoms with van der Waals surface area (Å²) < 4.78 is 32.7. The Morgan fingerprint density at radius 2 is 1.39 bits per heavy atom. The number of benzene rings is 2. The molecule has 0 aliphatic carbocycles. The fourth-order valence-electron chi connectivity index (χ4n) is 3.23. The van der Waals surface area contributed by atoms with Crippen LogP contribution < -0.4 is 23.7 Å². The second-order valence-electron chi connectivity index (χ2n) is 6.54. The first-order valence-corrected chi connectivity index (χ1v) is 9.50. The van der Waals surface area contributed by atoms with Crippen molar-refractivity contribution in [2.24, 2.45) is 0 Å². The quantitative estimate of drug-likeness (QED) is 0.542. The van der Waals surface area contributed by atoms with E-state index in [-0.39, 0.29) is 0 Å². The predicted octanol–water partition coefficient (Wildman–Crippen LogP) is 4.02. The topological polar surface area (TPSA) is 55.4 Å². The summed E-state index contributed by atoms with van der Waals surface area (Å²) in [4.78, 5) is 0. The van der Waals surface area contributed by atoms with Crippen LogP contribution in [0.15, 0.2) is 30.3 Å². The Kier molecular flexibility index (Phi) is 7.25. The van der Waals surface area contributed by atoms with Crippen LogP contribution in [0.3, 0.4) is 0 Å². The lowest BCUT2D eigenvalue weighted by atomic mass is 10.1. The Morgan fingerprint density at radius 3 is 2.04 bits per heavy atom. The highest BCUT2D eigenvalue weighted by atomic mass is 16.7. The summed E-state index contributed by atoms with van der Waals surface area (Å²) in [6, 6.07) is 10.1. The first kappa shape index (κ1) is 20.1. The third kappa shape index (κ3) is 5.01. The molecule has 0 N–H and O–H groups in total. The lowest BCUT2D eigenvalue weighted by Gasteiger charge is -2.14. The largest absolute Gasteiger partial charge is 0.493 e. The second-order valence-corrected chi connectivity index (χ2v) is 6.54. The van der Waals surface area contributed by atoms with Gasteiger partial charge in [-0.2, -0.15) is 0 Å². The van der Waals surface area contributed by atoms with Crippen LogP contribution in [0, 0.1) is 0 Å².